The monoisotopic (exact) mass is 257 g/mol. The van der Waals surface area contributed by atoms with E-state index in [9.17, 15) is 0 Å². The van der Waals surface area contributed by atoms with E-state index in [-0.39, 0.29) is 6.61 Å². The van der Waals surface area contributed by atoms with E-state index in [4.69, 9.17) is 5.11 Å². The van der Waals surface area contributed by atoms with Crippen molar-refractivity contribution in [3.05, 3.63) is 30.5 Å². The number of para-hydroxylation sites is 1. The highest BCUT2D eigenvalue weighted by Gasteiger charge is 2.21. The molecule has 100 valence electrons. The van der Waals surface area contributed by atoms with Gasteiger partial charge in [0.1, 0.15) is 0 Å². The molecule has 0 bridgehead atoms. The van der Waals surface area contributed by atoms with Crippen LogP contribution in [-0.4, -0.2) is 34.8 Å². The van der Waals surface area contributed by atoms with Gasteiger partial charge >= 0.3 is 0 Å². The molecule has 1 atom stereocenters. The summed E-state index contributed by atoms with van der Waals surface area (Å²) < 4.78 is 0. The standard InChI is InChI=1S/C15H19N3O/c19-9-7-12-4-3-8-18(11-12)15-16-10-13-5-1-2-6-14(13)17-15/h1-2,5-6,10,12,19H,3-4,7-9,11H2. The second-order valence-corrected chi connectivity index (χ2v) is 5.20. The number of rotatable bonds is 3. The second-order valence-electron chi connectivity index (χ2n) is 5.20. The van der Waals surface area contributed by atoms with E-state index in [2.05, 4.69) is 14.9 Å². The number of nitrogens with zero attached hydrogens (tertiary/aromatic N) is 3. The third-order valence-electron chi connectivity index (χ3n) is 3.82. The van der Waals surface area contributed by atoms with Crippen LogP contribution in [-0.2, 0) is 0 Å². The Morgan fingerprint density at radius 1 is 1.32 bits per heavy atom. The van der Waals surface area contributed by atoms with E-state index in [1.165, 1.54) is 6.42 Å². The van der Waals surface area contributed by atoms with Crippen molar-refractivity contribution in [2.24, 2.45) is 5.92 Å². The van der Waals surface area contributed by atoms with Crippen LogP contribution in [0.5, 0.6) is 0 Å². The molecule has 1 aliphatic rings. The van der Waals surface area contributed by atoms with Gasteiger partial charge in [0.15, 0.2) is 0 Å². The lowest BCUT2D eigenvalue weighted by Crippen LogP contribution is -2.36. The Bertz CT molecular complexity index is 556. The zero-order valence-corrected chi connectivity index (χ0v) is 11.0. The van der Waals surface area contributed by atoms with Crippen LogP contribution in [0.15, 0.2) is 30.5 Å². The highest BCUT2D eigenvalue weighted by atomic mass is 16.3. The molecule has 19 heavy (non-hydrogen) atoms. The normalized spacial score (nSPS) is 19.8. The van der Waals surface area contributed by atoms with Gasteiger partial charge in [-0.15, -0.1) is 0 Å². The van der Waals surface area contributed by atoms with Crippen LogP contribution in [0.4, 0.5) is 5.95 Å². The Morgan fingerprint density at radius 3 is 3.11 bits per heavy atom. The molecule has 2 heterocycles. The molecule has 1 aliphatic heterocycles. The van der Waals surface area contributed by atoms with E-state index in [1.54, 1.807) is 0 Å². The van der Waals surface area contributed by atoms with Crippen LogP contribution in [0.1, 0.15) is 19.3 Å². The van der Waals surface area contributed by atoms with Gasteiger partial charge in [-0.3, -0.25) is 0 Å². The fraction of sp³-hybridized carbons (Fsp3) is 0.467. The van der Waals surface area contributed by atoms with Crippen LogP contribution in [0.25, 0.3) is 10.9 Å². The molecule has 4 heteroatoms. The summed E-state index contributed by atoms with van der Waals surface area (Å²) in [6.07, 6.45) is 5.13. The first kappa shape index (κ1) is 12.4. The fourth-order valence-corrected chi connectivity index (χ4v) is 2.78. The molecule has 1 fully saturated rings. The van der Waals surface area contributed by atoms with Gasteiger partial charge in [-0.25, -0.2) is 9.97 Å². The minimum Gasteiger partial charge on any atom is -0.396 e. The zero-order valence-electron chi connectivity index (χ0n) is 11.0. The molecule has 0 amide bonds. The van der Waals surface area contributed by atoms with E-state index in [0.717, 1.165) is 42.8 Å². The van der Waals surface area contributed by atoms with Crippen molar-refractivity contribution in [1.29, 1.82) is 0 Å². The lowest BCUT2D eigenvalue weighted by molar-refractivity contribution is 0.244. The Morgan fingerprint density at radius 2 is 2.21 bits per heavy atom. The van der Waals surface area contributed by atoms with E-state index in [1.807, 2.05) is 30.5 Å². The second kappa shape index (κ2) is 5.53. The third-order valence-corrected chi connectivity index (χ3v) is 3.82. The first-order valence-corrected chi connectivity index (χ1v) is 6.94. The topological polar surface area (TPSA) is 49.2 Å². The highest BCUT2D eigenvalue weighted by molar-refractivity contribution is 5.78. The highest BCUT2D eigenvalue weighted by Crippen LogP contribution is 2.23. The molecule has 1 aromatic carbocycles. The maximum Gasteiger partial charge on any atom is 0.225 e. The number of aromatic nitrogens is 2. The predicted molar refractivity (Wildman–Crippen MR) is 76.2 cm³/mol. The molecule has 0 spiro atoms. The SMILES string of the molecule is OCCC1CCCN(c2ncc3ccccc3n2)C1. The average Bonchev–Trinajstić information content (AvgIpc) is 2.47. The number of aliphatic hydroxyl groups is 1. The lowest BCUT2D eigenvalue weighted by atomic mass is 9.95. The molecule has 3 rings (SSSR count). The number of hydrogen-bond acceptors (Lipinski definition) is 4. The third kappa shape index (κ3) is 2.68. The quantitative estimate of drug-likeness (QED) is 0.916. The maximum atomic E-state index is 9.07. The number of piperidine rings is 1. The van der Waals surface area contributed by atoms with Gasteiger partial charge in [0.2, 0.25) is 5.95 Å². The van der Waals surface area contributed by atoms with Crippen molar-refractivity contribution in [2.75, 3.05) is 24.6 Å². The van der Waals surface area contributed by atoms with Crippen molar-refractivity contribution >= 4 is 16.9 Å². The van der Waals surface area contributed by atoms with E-state index >= 15 is 0 Å². The van der Waals surface area contributed by atoms with Crippen molar-refractivity contribution in [2.45, 2.75) is 19.3 Å². The molecule has 0 aliphatic carbocycles. The van der Waals surface area contributed by atoms with Gasteiger partial charge in [0, 0.05) is 31.3 Å². The van der Waals surface area contributed by atoms with Crippen LogP contribution >= 0.6 is 0 Å². The Balaban J connectivity index is 1.83. The minimum atomic E-state index is 0.275. The van der Waals surface area contributed by atoms with Crippen LogP contribution in [0.3, 0.4) is 0 Å². The maximum absolute atomic E-state index is 9.07. The minimum absolute atomic E-state index is 0.275. The summed E-state index contributed by atoms with van der Waals surface area (Å²) in [5.74, 6) is 1.38. The summed E-state index contributed by atoms with van der Waals surface area (Å²) in [4.78, 5) is 11.4. The van der Waals surface area contributed by atoms with Crippen molar-refractivity contribution in [1.82, 2.24) is 9.97 Å². The number of hydrogen-bond donors (Lipinski definition) is 1. The van der Waals surface area contributed by atoms with Crippen LogP contribution in [0, 0.1) is 5.92 Å². The Kier molecular flexibility index (Phi) is 3.60. The summed E-state index contributed by atoms with van der Waals surface area (Å²) in [5.41, 5.74) is 0.997. The molecule has 0 saturated carbocycles. The molecule has 4 nitrogen and oxygen atoms in total. The van der Waals surface area contributed by atoms with Gasteiger partial charge in [-0.2, -0.15) is 0 Å². The number of fused-ring (bicyclic) bond motifs is 1. The first-order valence-electron chi connectivity index (χ1n) is 6.94. The van der Waals surface area contributed by atoms with E-state index < -0.39 is 0 Å². The summed E-state index contributed by atoms with van der Waals surface area (Å²) in [6, 6.07) is 8.06. The van der Waals surface area contributed by atoms with Gasteiger partial charge in [-0.05, 0) is 31.2 Å². The molecular weight excluding hydrogens is 238 g/mol. The summed E-state index contributed by atoms with van der Waals surface area (Å²) in [6.45, 7) is 2.25. The first-order chi connectivity index (χ1) is 9.36. The largest absolute Gasteiger partial charge is 0.396 e. The summed E-state index contributed by atoms with van der Waals surface area (Å²) in [5, 5.41) is 10.1. The molecule has 1 unspecified atom stereocenters. The predicted octanol–water partition coefficient (Wildman–Crippen LogP) is 2.23. The van der Waals surface area contributed by atoms with Crippen molar-refractivity contribution in [3.8, 4) is 0 Å². The summed E-state index contributed by atoms with van der Waals surface area (Å²) >= 11 is 0. The Hall–Kier alpha value is -1.68. The molecule has 2 aromatic rings. The smallest absolute Gasteiger partial charge is 0.225 e. The zero-order chi connectivity index (χ0) is 13.1. The van der Waals surface area contributed by atoms with Gasteiger partial charge < -0.3 is 10.0 Å². The lowest BCUT2D eigenvalue weighted by Gasteiger charge is -2.32. The number of aliphatic hydroxyl groups excluding tert-OH is 1. The number of benzene rings is 1. The van der Waals surface area contributed by atoms with Gasteiger partial charge in [0.25, 0.3) is 0 Å². The molecule has 1 saturated heterocycles. The van der Waals surface area contributed by atoms with E-state index in [0.29, 0.717) is 5.92 Å². The number of anilines is 1. The summed E-state index contributed by atoms with van der Waals surface area (Å²) in [7, 11) is 0. The van der Waals surface area contributed by atoms with Gasteiger partial charge in [-0.1, -0.05) is 18.2 Å². The molecule has 1 N–H and O–H groups in total. The average molecular weight is 257 g/mol. The van der Waals surface area contributed by atoms with Crippen LogP contribution < -0.4 is 4.90 Å². The van der Waals surface area contributed by atoms with Gasteiger partial charge in [0.05, 0.1) is 5.52 Å². The molecule has 0 radical (unpaired) electrons. The molecule has 1 aromatic heterocycles. The van der Waals surface area contributed by atoms with Crippen LogP contribution in [0.2, 0.25) is 0 Å². The fourth-order valence-electron chi connectivity index (χ4n) is 2.78. The molecular formula is C15H19N3O. The van der Waals surface area contributed by atoms with Crippen molar-refractivity contribution in [3.63, 3.8) is 0 Å². The van der Waals surface area contributed by atoms with Crippen molar-refractivity contribution < 1.29 is 5.11 Å². The Labute approximate surface area is 113 Å².